The maximum atomic E-state index is 11.9. The summed E-state index contributed by atoms with van der Waals surface area (Å²) in [5.41, 5.74) is 2.91. The molecule has 0 saturated heterocycles. The summed E-state index contributed by atoms with van der Waals surface area (Å²) < 4.78 is 5.21. The highest BCUT2D eigenvalue weighted by atomic mass is 16.5. The second kappa shape index (κ2) is 5.57. The van der Waals surface area contributed by atoms with E-state index in [0.29, 0.717) is 5.56 Å². The van der Waals surface area contributed by atoms with E-state index in [9.17, 15) is 9.90 Å². The van der Waals surface area contributed by atoms with Gasteiger partial charge in [-0.1, -0.05) is 42.0 Å². The number of carbonyl (C=O) groups is 1. The molecule has 3 nitrogen and oxygen atoms in total. The van der Waals surface area contributed by atoms with Crippen LogP contribution in [-0.4, -0.2) is 11.1 Å². The average Bonchev–Trinajstić information content (AvgIpc) is 2.39. The molecule has 0 bridgehead atoms. The molecule has 0 fully saturated rings. The Bertz CT molecular complexity index is 603. The zero-order valence-electron chi connectivity index (χ0n) is 11.0. The number of para-hydroxylation sites is 1. The number of phenols is 1. The first kappa shape index (κ1) is 13.1. The number of esters is 1. The predicted octanol–water partition coefficient (Wildman–Crippen LogP) is 3.37. The molecule has 98 valence electrons. The van der Waals surface area contributed by atoms with Crippen molar-refractivity contribution in [2.45, 2.75) is 20.5 Å². The first-order valence-corrected chi connectivity index (χ1v) is 6.09. The van der Waals surface area contributed by atoms with Crippen LogP contribution in [0.2, 0.25) is 0 Å². The van der Waals surface area contributed by atoms with Gasteiger partial charge in [-0.25, -0.2) is 4.79 Å². The summed E-state index contributed by atoms with van der Waals surface area (Å²) in [6, 6.07) is 12.8. The van der Waals surface area contributed by atoms with Crippen molar-refractivity contribution < 1.29 is 14.6 Å². The third-order valence-electron chi connectivity index (χ3n) is 2.91. The quantitative estimate of drug-likeness (QED) is 0.856. The van der Waals surface area contributed by atoms with Gasteiger partial charge in [-0.3, -0.25) is 0 Å². The predicted molar refractivity (Wildman–Crippen MR) is 73.1 cm³/mol. The van der Waals surface area contributed by atoms with Gasteiger partial charge in [0.05, 0.1) is 0 Å². The van der Waals surface area contributed by atoms with Gasteiger partial charge in [0.15, 0.2) is 0 Å². The van der Waals surface area contributed by atoms with Crippen LogP contribution in [0.15, 0.2) is 42.5 Å². The number of benzene rings is 2. The Hall–Kier alpha value is -2.29. The molecule has 0 aliphatic rings. The van der Waals surface area contributed by atoms with E-state index in [0.717, 1.165) is 11.1 Å². The van der Waals surface area contributed by atoms with Crippen molar-refractivity contribution in [2.75, 3.05) is 0 Å². The minimum atomic E-state index is -0.511. The summed E-state index contributed by atoms with van der Waals surface area (Å²) in [4.78, 5) is 11.9. The largest absolute Gasteiger partial charge is 0.507 e. The summed E-state index contributed by atoms with van der Waals surface area (Å²) >= 11 is 0. The second-order valence-electron chi connectivity index (χ2n) is 4.54. The van der Waals surface area contributed by atoms with E-state index in [1.165, 1.54) is 0 Å². The highest BCUT2D eigenvalue weighted by molar-refractivity contribution is 5.92. The van der Waals surface area contributed by atoms with Gasteiger partial charge in [-0.05, 0) is 31.0 Å². The molecule has 0 radical (unpaired) electrons. The number of ether oxygens (including phenoxy) is 1. The van der Waals surface area contributed by atoms with Gasteiger partial charge in [0.1, 0.15) is 17.9 Å². The molecule has 0 heterocycles. The highest BCUT2D eigenvalue weighted by Crippen LogP contribution is 2.22. The minimum Gasteiger partial charge on any atom is -0.507 e. The zero-order chi connectivity index (χ0) is 13.8. The van der Waals surface area contributed by atoms with Crippen LogP contribution < -0.4 is 0 Å². The van der Waals surface area contributed by atoms with E-state index in [2.05, 4.69) is 0 Å². The van der Waals surface area contributed by atoms with Crippen molar-refractivity contribution >= 4 is 5.97 Å². The average molecular weight is 256 g/mol. The number of aryl methyl sites for hydroxylation is 2. The minimum absolute atomic E-state index is 0.0169. The first-order chi connectivity index (χ1) is 9.08. The normalized spacial score (nSPS) is 10.2. The zero-order valence-corrected chi connectivity index (χ0v) is 11.0. The number of carbonyl (C=O) groups excluding carboxylic acids is 1. The van der Waals surface area contributed by atoms with Crippen LogP contribution >= 0.6 is 0 Å². The molecule has 2 aromatic rings. The van der Waals surface area contributed by atoms with Crippen molar-refractivity contribution in [3.05, 3.63) is 64.7 Å². The topological polar surface area (TPSA) is 46.5 Å². The fourth-order valence-electron chi connectivity index (χ4n) is 1.85. The molecular formula is C16H16O3. The van der Waals surface area contributed by atoms with Crippen LogP contribution in [0.4, 0.5) is 0 Å². The molecule has 0 amide bonds. The molecule has 0 atom stereocenters. The molecule has 2 rings (SSSR count). The molecule has 0 spiro atoms. The molecule has 19 heavy (non-hydrogen) atoms. The van der Waals surface area contributed by atoms with E-state index in [1.54, 1.807) is 25.1 Å². The van der Waals surface area contributed by atoms with Crippen LogP contribution in [0.3, 0.4) is 0 Å². The van der Waals surface area contributed by atoms with E-state index in [1.807, 2.05) is 31.2 Å². The standard InChI is InChI=1S/C16H16O3/c1-11-5-3-7-13(9-11)10-19-16(18)14-8-4-6-12(2)15(14)17/h3-9,17H,10H2,1-2H3. The molecule has 0 saturated carbocycles. The lowest BCUT2D eigenvalue weighted by Gasteiger charge is -2.08. The molecule has 0 aromatic heterocycles. The van der Waals surface area contributed by atoms with Gasteiger partial charge in [-0.15, -0.1) is 0 Å². The Morgan fingerprint density at radius 2 is 1.89 bits per heavy atom. The third-order valence-corrected chi connectivity index (χ3v) is 2.91. The smallest absolute Gasteiger partial charge is 0.342 e. The van der Waals surface area contributed by atoms with Crippen LogP contribution in [0.5, 0.6) is 5.75 Å². The lowest BCUT2D eigenvalue weighted by molar-refractivity contribution is 0.0469. The monoisotopic (exact) mass is 256 g/mol. The molecule has 2 aromatic carbocycles. The van der Waals surface area contributed by atoms with E-state index in [4.69, 9.17) is 4.74 Å². The van der Waals surface area contributed by atoms with Crippen LogP contribution in [0, 0.1) is 13.8 Å². The maximum Gasteiger partial charge on any atom is 0.342 e. The van der Waals surface area contributed by atoms with Crippen molar-refractivity contribution in [3.63, 3.8) is 0 Å². The molecule has 1 N–H and O–H groups in total. The Morgan fingerprint density at radius 1 is 1.16 bits per heavy atom. The fourth-order valence-corrected chi connectivity index (χ4v) is 1.85. The number of hydrogen-bond acceptors (Lipinski definition) is 3. The van der Waals surface area contributed by atoms with Crippen LogP contribution in [0.25, 0.3) is 0 Å². The fraction of sp³-hybridized carbons (Fsp3) is 0.188. The maximum absolute atomic E-state index is 11.9. The lowest BCUT2D eigenvalue weighted by Crippen LogP contribution is -2.06. The van der Waals surface area contributed by atoms with Crippen molar-refractivity contribution in [1.82, 2.24) is 0 Å². The van der Waals surface area contributed by atoms with Gasteiger partial charge in [0.2, 0.25) is 0 Å². The highest BCUT2D eigenvalue weighted by Gasteiger charge is 2.13. The van der Waals surface area contributed by atoms with Gasteiger partial charge < -0.3 is 9.84 Å². The lowest BCUT2D eigenvalue weighted by atomic mass is 10.1. The Morgan fingerprint density at radius 3 is 2.63 bits per heavy atom. The Labute approximate surface area is 112 Å². The van der Waals surface area contributed by atoms with Crippen LogP contribution in [-0.2, 0) is 11.3 Å². The van der Waals surface area contributed by atoms with Gasteiger partial charge >= 0.3 is 5.97 Å². The summed E-state index contributed by atoms with van der Waals surface area (Å²) in [7, 11) is 0. The van der Waals surface area contributed by atoms with E-state index < -0.39 is 5.97 Å². The Balaban J connectivity index is 2.08. The summed E-state index contributed by atoms with van der Waals surface area (Å²) in [5, 5.41) is 9.81. The van der Waals surface area contributed by atoms with Gasteiger partial charge in [0.25, 0.3) is 0 Å². The SMILES string of the molecule is Cc1cccc(COC(=O)c2cccc(C)c2O)c1. The molecular weight excluding hydrogens is 240 g/mol. The molecule has 3 heteroatoms. The van der Waals surface area contributed by atoms with E-state index >= 15 is 0 Å². The second-order valence-corrected chi connectivity index (χ2v) is 4.54. The van der Waals surface area contributed by atoms with Crippen molar-refractivity contribution in [2.24, 2.45) is 0 Å². The van der Waals surface area contributed by atoms with Crippen LogP contribution in [0.1, 0.15) is 27.0 Å². The van der Waals surface area contributed by atoms with E-state index in [-0.39, 0.29) is 17.9 Å². The summed E-state index contributed by atoms with van der Waals surface area (Å²) in [6.45, 7) is 3.93. The summed E-state index contributed by atoms with van der Waals surface area (Å²) in [6.07, 6.45) is 0. The molecule has 0 aliphatic heterocycles. The van der Waals surface area contributed by atoms with Crippen molar-refractivity contribution in [3.8, 4) is 5.75 Å². The number of hydrogen-bond donors (Lipinski definition) is 1. The number of aromatic hydroxyl groups is 1. The Kier molecular flexibility index (Phi) is 3.85. The molecule has 0 unspecified atom stereocenters. The van der Waals surface area contributed by atoms with Crippen molar-refractivity contribution in [1.29, 1.82) is 0 Å². The van der Waals surface area contributed by atoms with Gasteiger partial charge in [-0.2, -0.15) is 0 Å². The summed E-state index contributed by atoms with van der Waals surface area (Å²) in [5.74, 6) is -0.528. The van der Waals surface area contributed by atoms with Gasteiger partial charge in [0, 0.05) is 0 Å². The first-order valence-electron chi connectivity index (χ1n) is 6.09. The third kappa shape index (κ3) is 3.13. The number of phenolic OH excluding ortho intramolecular Hbond substituents is 1. The number of rotatable bonds is 3. The molecule has 0 aliphatic carbocycles.